The van der Waals surface area contributed by atoms with Crippen molar-refractivity contribution in [3.05, 3.63) is 46.9 Å². The summed E-state index contributed by atoms with van der Waals surface area (Å²) in [6.07, 6.45) is -4.39. The zero-order valence-electron chi connectivity index (χ0n) is 14.3. The van der Waals surface area contributed by atoms with Gasteiger partial charge in [0.25, 0.3) is 0 Å². The SMILES string of the molecule is Cl.O=C(NCc1cc(Cl)nc(-c2ccc(C(F)(F)F)nc2)c1)C1CC(F)CN1. The lowest BCUT2D eigenvalue weighted by Gasteiger charge is -2.12. The summed E-state index contributed by atoms with van der Waals surface area (Å²) in [5.74, 6) is -0.333. The second-order valence-corrected chi connectivity index (χ2v) is 6.51. The fourth-order valence-electron chi connectivity index (χ4n) is 2.72. The Morgan fingerprint density at radius 2 is 2.07 bits per heavy atom. The average molecular weight is 439 g/mol. The number of carbonyl (C=O) groups is 1. The molecule has 1 aliphatic rings. The van der Waals surface area contributed by atoms with Gasteiger partial charge < -0.3 is 10.6 Å². The molecule has 152 valence electrons. The number of alkyl halides is 4. The first-order valence-electron chi connectivity index (χ1n) is 8.07. The van der Waals surface area contributed by atoms with E-state index < -0.39 is 24.1 Å². The zero-order valence-corrected chi connectivity index (χ0v) is 15.8. The molecular formula is C17H16Cl2F4N4O. The number of amides is 1. The number of hydrogen-bond donors (Lipinski definition) is 2. The number of carbonyl (C=O) groups excluding carboxylic acids is 1. The van der Waals surface area contributed by atoms with Crippen LogP contribution in [0, 0.1) is 0 Å². The van der Waals surface area contributed by atoms with Crippen molar-refractivity contribution in [2.24, 2.45) is 0 Å². The van der Waals surface area contributed by atoms with Gasteiger partial charge in [0.2, 0.25) is 5.91 Å². The Morgan fingerprint density at radius 3 is 2.64 bits per heavy atom. The number of pyridine rings is 2. The maximum Gasteiger partial charge on any atom is 0.433 e. The fraction of sp³-hybridized carbons (Fsp3) is 0.353. The lowest BCUT2D eigenvalue weighted by atomic mass is 10.1. The number of halogens is 6. The van der Waals surface area contributed by atoms with Gasteiger partial charge in [-0.25, -0.2) is 9.37 Å². The van der Waals surface area contributed by atoms with Crippen LogP contribution in [-0.2, 0) is 17.5 Å². The topological polar surface area (TPSA) is 66.9 Å². The van der Waals surface area contributed by atoms with E-state index in [1.807, 2.05) is 0 Å². The molecule has 2 atom stereocenters. The van der Waals surface area contributed by atoms with E-state index in [1.165, 1.54) is 12.1 Å². The largest absolute Gasteiger partial charge is 0.433 e. The molecule has 2 aromatic rings. The van der Waals surface area contributed by atoms with Crippen LogP contribution in [0.2, 0.25) is 5.15 Å². The predicted molar refractivity (Wildman–Crippen MR) is 97.9 cm³/mol. The summed E-state index contributed by atoms with van der Waals surface area (Å²) in [6.45, 7) is 0.265. The first kappa shape index (κ1) is 22.3. The minimum Gasteiger partial charge on any atom is -0.351 e. The summed E-state index contributed by atoms with van der Waals surface area (Å²) < 4.78 is 51.0. The third kappa shape index (κ3) is 5.52. The van der Waals surface area contributed by atoms with Crippen molar-refractivity contribution in [2.45, 2.75) is 31.4 Å². The van der Waals surface area contributed by atoms with E-state index >= 15 is 0 Å². The van der Waals surface area contributed by atoms with Gasteiger partial charge in [0.15, 0.2) is 0 Å². The van der Waals surface area contributed by atoms with E-state index in [4.69, 9.17) is 11.6 Å². The molecule has 0 aromatic carbocycles. The molecule has 2 unspecified atom stereocenters. The summed E-state index contributed by atoms with van der Waals surface area (Å²) in [4.78, 5) is 19.5. The molecule has 28 heavy (non-hydrogen) atoms. The van der Waals surface area contributed by atoms with Crippen molar-refractivity contribution >= 4 is 29.9 Å². The summed E-state index contributed by atoms with van der Waals surface area (Å²) >= 11 is 5.98. The molecule has 0 spiro atoms. The Kier molecular flexibility index (Phi) is 7.19. The van der Waals surface area contributed by atoms with E-state index in [0.29, 0.717) is 16.8 Å². The van der Waals surface area contributed by atoms with Gasteiger partial charge in [-0.1, -0.05) is 11.6 Å². The standard InChI is InChI=1S/C17H15ClF4N4O.ClH/c18-15-4-9(6-25-16(27)13-5-11(19)8-23-13)3-12(26-15)10-1-2-14(24-7-10)17(20,21)22;/h1-4,7,11,13,23H,5-6,8H2,(H,25,27);1H. The Bertz CT molecular complexity index is 833. The summed E-state index contributed by atoms with van der Waals surface area (Å²) in [6, 6.07) is 4.65. The molecule has 2 N–H and O–H groups in total. The van der Waals surface area contributed by atoms with E-state index in [0.717, 1.165) is 12.3 Å². The van der Waals surface area contributed by atoms with Crippen molar-refractivity contribution < 1.29 is 22.4 Å². The molecule has 0 aliphatic carbocycles. The monoisotopic (exact) mass is 438 g/mol. The van der Waals surface area contributed by atoms with Gasteiger partial charge in [0.1, 0.15) is 17.0 Å². The van der Waals surface area contributed by atoms with Crippen LogP contribution >= 0.6 is 24.0 Å². The van der Waals surface area contributed by atoms with Crippen molar-refractivity contribution in [1.82, 2.24) is 20.6 Å². The second-order valence-electron chi connectivity index (χ2n) is 6.12. The molecule has 5 nitrogen and oxygen atoms in total. The van der Waals surface area contributed by atoms with Gasteiger partial charge in [0, 0.05) is 31.3 Å². The summed E-state index contributed by atoms with van der Waals surface area (Å²) in [7, 11) is 0. The quantitative estimate of drug-likeness (QED) is 0.565. The third-order valence-corrected chi connectivity index (χ3v) is 4.26. The van der Waals surface area contributed by atoms with Crippen molar-refractivity contribution in [1.29, 1.82) is 0 Å². The molecule has 0 saturated carbocycles. The Labute approximate surface area is 169 Å². The highest BCUT2D eigenvalue weighted by atomic mass is 35.5. The molecular weight excluding hydrogens is 423 g/mol. The minimum absolute atomic E-state index is 0. The number of nitrogens with zero attached hydrogens (tertiary/aromatic N) is 2. The van der Waals surface area contributed by atoms with Crippen LogP contribution in [-0.4, -0.2) is 34.6 Å². The average Bonchev–Trinajstić information content (AvgIpc) is 3.05. The molecule has 0 bridgehead atoms. The number of nitrogens with one attached hydrogen (secondary N) is 2. The van der Waals surface area contributed by atoms with Crippen molar-refractivity contribution in [3.63, 3.8) is 0 Å². The van der Waals surface area contributed by atoms with Crippen LogP contribution < -0.4 is 10.6 Å². The zero-order chi connectivity index (χ0) is 19.6. The normalized spacial score (nSPS) is 19.2. The van der Waals surface area contributed by atoms with E-state index in [1.54, 1.807) is 6.07 Å². The molecule has 3 rings (SSSR count). The molecule has 3 heterocycles. The molecule has 1 amide bonds. The van der Waals surface area contributed by atoms with Crippen LogP contribution in [0.15, 0.2) is 30.5 Å². The Hall–Kier alpha value is -1.97. The molecule has 2 aromatic heterocycles. The van der Waals surface area contributed by atoms with Gasteiger partial charge in [-0.2, -0.15) is 13.2 Å². The lowest BCUT2D eigenvalue weighted by Crippen LogP contribution is -2.40. The number of aromatic nitrogens is 2. The summed E-state index contributed by atoms with van der Waals surface area (Å²) in [5.41, 5.74) is 0.288. The highest BCUT2D eigenvalue weighted by molar-refractivity contribution is 6.29. The first-order valence-corrected chi connectivity index (χ1v) is 8.45. The number of hydrogen-bond acceptors (Lipinski definition) is 4. The van der Waals surface area contributed by atoms with Gasteiger partial charge in [-0.3, -0.25) is 9.78 Å². The second kappa shape index (κ2) is 9.02. The van der Waals surface area contributed by atoms with Gasteiger partial charge in [-0.15, -0.1) is 12.4 Å². The maximum absolute atomic E-state index is 13.1. The van der Waals surface area contributed by atoms with Crippen LogP contribution in [0.3, 0.4) is 0 Å². The van der Waals surface area contributed by atoms with E-state index in [9.17, 15) is 22.4 Å². The van der Waals surface area contributed by atoms with Gasteiger partial charge in [0.05, 0.1) is 11.7 Å². The fourth-order valence-corrected chi connectivity index (χ4v) is 2.95. The molecule has 1 fully saturated rings. The highest BCUT2D eigenvalue weighted by Gasteiger charge is 2.32. The molecule has 1 saturated heterocycles. The van der Waals surface area contributed by atoms with Crippen molar-refractivity contribution in [3.8, 4) is 11.3 Å². The van der Waals surface area contributed by atoms with Crippen LogP contribution in [0.5, 0.6) is 0 Å². The summed E-state index contributed by atoms with van der Waals surface area (Å²) in [5, 5.41) is 5.58. The van der Waals surface area contributed by atoms with Crippen LogP contribution in [0.1, 0.15) is 17.7 Å². The lowest BCUT2D eigenvalue weighted by molar-refractivity contribution is -0.141. The number of rotatable bonds is 4. The van der Waals surface area contributed by atoms with E-state index in [2.05, 4.69) is 20.6 Å². The van der Waals surface area contributed by atoms with Gasteiger partial charge in [-0.05, 0) is 29.8 Å². The predicted octanol–water partition coefficient (Wildman–Crippen LogP) is 3.55. The van der Waals surface area contributed by atoms with Gasteiger partial charge >= 0.3 is 6.18 Å². The molecule has 0 radical (unpaired) electrons. The Balaban J connectivity index is 0.00000280. The maximum atomic E-state index is 13.1. The van der Waals surface area contributed by atoms with E-state index in [-0.39, 0.29) is 43.0 Å². The molecule has 1 aliphatic heterocycles. The van der Waals surface area contributed by atoms with Crippen LogP contribution in [0.4, 0.5) is 17.6 Å². The smallest absolute Gasteiger partial charge is 0.351 e. The first-order chi connectivity index (χ1) is 12.7. The minimum atomic E-state index is -4.53. The van der Waals surface area contributed by atoms with Crippen LogP contribution in [0.25, 0.3) is 11.3 Å². The molecule has 11 heteroatoms. The third-order valence-electron chi connectivity index (χ3n) is 4.06. The van der Waals surface area contributed by atoms with Crippen molar-refractivity contribution in [2.75, 3.05) is 6.54 Å². The highest BCUT2D eigenvalue weighted by Crippen LogP contribution is 2.29. The Morgan fingerprint density at radius 1 is 1.32 bits per heavy atom.